The number of amides is 1. The van der Waals surface area contributed by atoms with Crippen LogP contribution in [0.25, 0.3) is 0 Å². The van der Waals surface area contributed by atoms with Gasteiger partial charge in [-0.3, -0.25) is 4.79 Å². The van der Waals surface area contributed by atoms with Crippen molar-refractivity contribution < 1.29 is 29.2 Å². The maximum Gasteiger partial charge on any atom is 0.254 e. The zero-order chi connectivity index (χ0) is 18.7. The molecule has 1 amide bonds. The normalized spacial score (nSPS) is 32.1. The van der Waals surface area contributed by atoms with Crippen LogP contribution in [0.3, 0.4) is 0 Å². The first-order valence-corrected chi connectivity index (χ1v) is 9.17. The molecule has 0 bridgehead atoms. The fourth-order valence-corrected chi connectivity index (χ4v) is 3.31. The Balaban J connectivity index is 1.55. The van der Waals surface area contributed by atoms with Gasteiger partial charge in [0.05, 0.1) is 18.8 Å². The van der Waals surface area contributed by atoms with Gasteiger partial charge in [-0.25, -0.2) is 0 Å². The first kappa shape index (κ1) is 19.3. The first-order valence-electron chi connectivity index (χ1n) is 9.17. The summed E-state index contributed by atoms with van der Waals surface area (Å²) in [6, 6.07) is 9.38. The van der Waals surface area contributed by atoms with Gasteiger partial charge in [0.25, 0.3) is 5.91 Å². The number of likely N-dealkylation sites (N-methyl/N-ethyl adjacent to an activating group) is 1. The Hall–Kier alpha value is -1.51. The van der Waals surface area contributed by atoms with E-state index in [9.17, 15) is 15.0 Å². The van der Waals surface area contributed by atoms with Crippen LogP contribution in [-0.4, -0.2) is 71.2 Å². The molecule has 6 atom stereocenters. The van der Waals surface area contributed by atoms with Crippen LogP contribution in [0.1, 0.15) is 32.1 Å². The zero-order valence-corrected chi connectivity index (χ0v) is 15.2. The van der Waals surface area contributed by atoms with E-state index in [2.05, 4.69) is 0 Å². The minimum atomic E-state index is -0.945. The van der Waals surface area contributed by atoms with Crippen LogP contribution in [0.4, 0.5) is 0 Å². The van der Waals surface area contributed by atoms with Gasteiger partial charge in [-0.15, -0.1) is 0 Å². The molecule has 1 aromatic rings. The molecule has 3 rings (SSSR count). The molecule has 2 aliphatic heterocycles. The molecule has 1 aromatic carbocycles. The topological polar surface area (TPSA) is 91.8 Å². The summed E-state index contributed by atoms with van der Waals surface area (Å²) in [6.07, 6.45) is -3.91. The highest BCUT2D eigenvalue weighted by molar-refractivity contribution is 5.83. The van der Waals surface area contributed by atoms with Crippen LogP contribution in [0.2, 0.25) is 0 Å². The maximum absolute atomic E-state index is 12.3. The molecule has 2 aliphatic rings. The van der Waals surface area contributed by atoms with E-state index in [1.54, 1.807) is 4.90 Å². The molecule has 2 fully saturated rings. The van der Waals surface area contributed by atoms with Crippen LogP contribution in [-0.2, 0) is 19.0 Å². The van der Waals surface area contributed by atoms with Crippen molar-refractivity contribution in [3.05, 3.63) is 35.9 Å². The maximum atomic E-state index is 12.3. The predicted molar refractivity (Wildman–Crippen MR) is 93.2 cm³/mol. The van der Waals surface area contributed by atoms with E-state index in [4.69, 9.17) is 14.2 Å². The quantitative estimate of drug-likeness (QED) is 0.696. The molecule has 7 nitrogen and oxygen atoms in total. The smallest absolute Gasteiger partial charge is 0.254 e. The fraction of sp³-hybridized carbons (Fsp3) is 0.632. The Morgan fingerprint density at radius 2 is 1.92 bits per heavy atom. The Labute approximate surface area is 153 Å². The number of benzene rings is 1. The van der Waals surface area contributed by atoms with E-state index in [0.29, 0.717) is 13.1 Å². The highest BCUT2D eigenvalue weighted by atomic mass is 16.7. The van der Waals surface area contributed by atoms with Crippen molar-refractivity contribution in [3.8, 4) is 0 Å². The third kappa shape index (κ3) is 4.24. The molecule has 26 heavy (non-hydrogen) atoms. The second-order valence-electron chi connectivity index (χ2n) is 6.65. The third-order valence-electron chi connectivity index (χ3n) is 4.90. The summed E-state index contributed by atoms with van der Waals surface area (Å²) in [7, 11) is 0. The molecule has 0 radical (unpaired) electrons. The van der Waals surface area contributed by atoms with E-state index in [1.165, 1.54) is 0 Å². The Morgan fingerprint density at radius 1 is 1.23 bits per heavy atom. The van der Waals surface area contributed by atoms with Crippen LogP contribution in [0, 0.1) is 0 Å². The van der Waals surface area contributed by atoms with Crippen LogP contribution >= 0.6 is 0 Å². The lowest BCUT2D eigenvalue weighted by molar-refractivity contribution is -0.276. The van der Waals surface area contributed by atoms with Crippen molar-refractivity contribution in [3.63, 3.8) is 0 Å². The summed E-state index contributed by atoms with van der Waals surface area (Å²) in [5.41, 5.74) is 0.828. The van der Waals surface area contributed by atoms with Gasteiger partial charge in [0, 0.05) is 25.1 Å². The van der Waals surface area contributed by atoms with Gasteiger partial charge >= 0.3 is 0 Å². The number of nitrogens with zero attached hydrogens (tertiary/aromatic N) is 1. The largest absolute Gasteiger partial charge is 0.390 e. The van der Waals surface area contributed by atoms with Crippen molar-refractivity contribution in [2.24, 2.45) is 0 Å². The molecule has 0 unspecified atom stereocenters. The number of ether oxygens (including phenoxy) is 3. The summed E-state index contributed by atoms with van der Waals surface area (Å²) in [5, 5.41) is 20.7. The summed E-state index contributed by atoms with van der Waals surface area (Å²) < 4.78 is 16.8. The van der Waals surface area contributed by atoms with E-state index in [1.807, 2.05) is 44.2 Å². The number of aliphatic hydroxyl groups is 2. The lowest BCUT2D eigenvalue weighted by Gasteiger charge is -2.36. The molecule has 2 N–H and O–H groups in total. The van der Waals surface area contributed by atoms with E-state index in [-0.39, 0.29) is 25.0 Å². The molecule has 7 heteroatoms. The molecular weight excluding hydrogens is 338 g/mol. The SMILES string of the molecule is CCN(CC)C(=O)[C@@H]1O[C@H]1C[C@@H](O)[C@@H]1O[C@H](c2ccccc2)OC[C@H]1O. The lowest BCUT2D eigenvalue weighted by atomic mass is 10.0. The second-order valence-corrected chi connectivity index (χ2v) is 6.65. The minimum absolute atomic E-state index is 0.0530. The molecule has 0 saturated carbocycles. The average molecular weight is 365 g/mol. The summed E-state index contributed by atoms with van der Waals surface area (Å²) >= 11 is 0. The number of epoxide rings is 1. The monoisotopic (exact) mass is 365 g/mol. The highest BCUT2D eigenvalue weighted by Gasteiger charge is 2.49. The molecule has 0 spiro atoms. The third-order valence-corrected chi connectivity index (χ3v) is 4.90. The first-order chi connectivity index (χ1) is 12.5. The fourth-order valence-electron chi connectivity index (χ4n) is 3.31. The summed E-state index contributed by atoms with van der Waals surface area (Å²) in [5.74, 6) is -0.0530. The van der Waals surface area contributed by atoms with E-state index >= 15 is 0 Å². The highest BCUT2D eigenvalue weighted by Crippen LogP contribution is 2.33. The lowest BCUT2D eigenvalue weighted by Crippen LogP contribution is -2.48. The molecule has 0 aliphatic carbocycles. The zero-order valence-electron chi connectivity index (χ0n) is 15.2. The number of hydrogen-bond donors (Lipinski definition) is 2. The molecule has 144 valence electrons. The van der Waals surface area contributed by atoms with Crippen LogP contribution in [0.5, 0.6) is 0 Å². The Bertz CT molecular complexity index is 593. The van der Waals surface area contributed by atoms with Gasteiger partial charge in [-0.2, -0.15) is 0 Å². The molecule has 2 saturated heterocycles. The minimum Gasteiger partial charge on any atom is -0.390 e. The predicted octanol–water partition coefficient (Wildman–Crippen LogP) is 0.848. The van der Waals surface area contributed by atoms with Gasteiger partial charge in [0.15, 0.2) is 12.4 Å². The molecular formula is C19H27NO6. The van der Waals surface area contributed by atoms with Gasteiger partial charge < -0.3 is 29.3 Å². The van der Waals surface area contributed by atoms with Crippen LogP contribution in [0.15, 0.2) is 30.3 Å². The molecule has 2 heterocycles. The van der Waals surface area contributed by atoms with E-state index < -0.39 is 30.7 Å². The second kappa shape index (κ2) is 8.45. The Morgan fingerprint density at radius 3 is 2.58 bits per heavy atom. The number of hydrogen-bond acceptors (Lipinski definition) is 6. The van der Waals surface area contributed by atoms with Crippen molar-refractivity contribution in [2.75, 3.05) is 19.7 Å². The van der Waals surface area contributed by atoms with Gasteiger partial charge in [-0.1, -0.05) is 30.3 Å². The van der Waals surface area contributed by atoms with Gasteiger partial charge in [0.1, 0.15) is 12.2 Å². The van der Waals surface area contributed by atoms with Crippen molar-refractivity contribution in [2.45, 2.75) is 57.1 Å². The van der Waals surface area contributed by atoms with Crippen LogP contribution < -0.4 is 0 Å². The Kier molecular flexibility index (Phi) is 6.26. The van der Waals surface area contributed by atoms with Crippen molar-refractivity contribution in [1.29, 1.82) is 0 Å². The summed E-state index contributed by atoms with van der Waals surface area (Å²) in [6.45, 7) is 5.18. The van der Waals surface area contributed by atoms with Gasteiger partial charge in [0.2, 0.25) is 0 Å². The summed E-state index contributed by atoms with van der Waals surface area (Å²) in [4.78, 5) is 14.0. The van der Waals surface area contributed by atoms with Gasteiger partial charge in [-0.05, 0) is 13.8 Å². The number of carbonyl (C=O) groups is 1. The average Bonchev–Trinajstić information content (AvgIpc) is 3.42. The van der Waals surface area contributed by atoms with E-state index in [0.717, 1.165) is 5.56 Å². The number of aliphatic hydroxyl groups excluding tert-OH is 2. The molecule has 0 aromatic heterocycles. The number of carbonyl (C=O) groups excluding carboxylic acids is 1. The van der Waals surface area contributed by atoms with Crippen molar-refractivity contribution in [1.82, 2.24) is 4.90 Å². The standard InChI is InChI=1S/C19H27NO6/c1-3-20(4-2)18(23)17-15(25-17)10-13(21)16-14(22)11-24-19(26-16)12-8-6-5-7-9-12/h5-9,13-17,19,21-22H,3-4,10-11H2,1-2H3/t13-,14-,15+,16+,17-,19-/m1/s1. The number of rotatable bonds is 7. The van der Waals surface area contributed by atoms with Crippen molar-refractivity contribution >= 4 is 5.91 Å².